The van der Waals surface area contributed by atoms with Crippen molar-refractivity contribution in [1.29, 1.82) is 0 Å². The Bertz CT molecular complexity index is 454. The van der Waals surface area contributed by atoms with Crippen molar-refractivity contribution in [2.24, 2.45) is 10.3 Å². The lowest BCUT2D eigenvalue weighted by Gasteiger charge is -2.06. The van der Waals surface area contributed by atoms with Gasteiger partial charge in [0, 0.05) is 11.9 Å². The Morgan fingerprint density at radius 3 is 2.44 bits per heavy atom. The van der Waals surface area contributed by atoms with E-state index in [0.717, 1.165) is 4.90 Å². The molecule has 0 aliphatic rings. The molecule has 1 rings (SSSR count). The molecule has 0 aliphatic heterocycles. The van der Waals surface area contributed by atoms with E-state index in [1.54, 1.807) is 7.05 Å². The Labute approximate surface area is 98.6 Å². The second kappa shape index (κ2) is 5.85. The monoisotopic (exact) mass is 237 g/mol. The molecular weight excluding hydrogens is 218 g/mol. The lowest BCUT2D eigenvalue weighted by molar-refractivity contribution is 0.678. The number of hydrogen-bond acceptors (Lipinski definition) is 2. The predicted molar refractivity (Wildman–Crippen MR) is 70.0 cm³/mol. The minimum absolute atomic E-state index is 0.483. The maximum absolute atomic E-state index is 12.5. The van der Waals surface area contributed by atoms with Crippen LogP contribution >= 0.6 is 0 Å². The van der Waals surface area contributed by atoms with Crippen LogP contribution in [0.25, 0.3) is 0 Å². The highest BCUT2D eigenvalue weighted by Crippen LogP contribution is 2.13. The van der Waals surface area contributed by atoms with Gasteiger partial charge in [-0.15, -0.1) is 0 Å². The van der Waals surface area contributed by atoms with Gasteiger partial charge in [0.25, 0.3) is 0 Å². The Kier molecular flexibility index (Phi) is 4.74. The third-order valence-corrected chi connectivity index (χ3v) is 4.49. The molecule has 0 amide bonds. The van der Waals surface area contributed by atoms with Crippen molar-refractivity contribution >= 4 is 9.73 Å². The average Bonchev–Trinajstić information content (AvgIpc) is 2.29. The van der Waals surface area contributed by atoms with Crippen LogP contribution in [0, 0.1) is 5.92 Å². The van der Waals surface area contributed by atoms with Crippen molar-refractivity contribution < 1.29 is 4.21 Å². The van der Waals surface area contributed by atoms with Crippen molar-refractivity contribution in [2.75, 3.05) is 12.8 Å². The van der Waals surface area contributed by atoms with Gasteiger partial charge in [0.1, 0.15) is 0 Å². The van der Waals surface area contributed by atoms with Crippen LogP contribution in [0.15, 0.2) is 51.7 Å². The minimum atomic E-state index is -2.26. The standard InChI is InChI=1S/C13H19NOS/c1-12(2)8-7-11-16(15,14-3)13-9-5-4-6-10-13/h4-10,12H,11H2,1-3H3/b8-7+/t16-/m1/s1. The fourth-order valence-electron chi connectivity index (χ4n) is 1.37. The van der Waals surface area contributed by atoms with Gasteiger partial charge in [-0.2, -0.15) is 0 Å². The van der Waals surface area contributed by atoms with Crippen LogP contribution in [0.4, 0.5) is 0 Å². The Balaban J connectivity index is 2.93. The zero-order valence-electron chi connectivity index (χ0n) is 10.1. The summed E-state index contributed by atoms with van der Waals surface area (Å²) in [6, 6.07) is 9.46. The van der Waals surface area contributed by atoms with Gasteiger partial charge in [0.2, 0.25) is 0 Å². The minimum Gasteiger partial charge on any atom is -0.244 e. The van der Waals surface area contributed by atoms with E-state index >= 15 is 0 Å². The second-order valence-electron chi connectivity index (χ2n) is 3.97. The second-order valence-corrected chi connectivity index (χ2v) is 6.43. The zero-order chi connectivity index (χ0) is 12.0. The van der Waals surface area contributed by atoms with E-state index in [1.165, 1.54) is 0 Å². The van der Waals surface area contributed by atoms with Gasteiger partial charge in [0.05, 0.1) is 15.5 Å². The summed E-state index contributed by atoms with van der Waals surface area (Å²) in [4.78, 5) is 0.811. The summed E-state index contributed by atoms with van der Waals surface area (Å²) < 4.78 is 16.6. The zero-order valence-corrected chi connectivity index (χ0v) is 10.9. The quantitative estimate of drug-likeness (QED) is 0.738. The number of allylic oxidation sites excluding steroid dienone is 1. The molecular formula is C13H19NOS. The molecule has 1 aromatic rings. The van der Waals surface area contributed by atoms with Crippen LogP contribution < -0.4 is 0 Å². The summed E-state index contributed by atoms with van der Waals surface area (Å²) in [6.45, 7) is 4.20. The van der Waals surface area contributed by atoms with E-state index in [1.807, 2.05) is 36.4 Å². The molecule has 1 atom stereocenters. The molecule has 0 bridgehead atoms. The van der Waals surface area contributed by atoms with E-state index in [4.69, 9.17) is 0 Å². The molecule has 1 aromatic carbocycles. The Hall–Kier alpha value is -1.09. The van der Waals surface area contributed by atoms with E-state index in [-0.39, 0.29) is 0 Å². The van der Waals surface area contributed by atoms with Crippen LogP contribution in [0.3, 0.4) is 0 Å². The number of benzene rings is 1. The van der Waals surface area contributed by atoms with Crippen molar-refractivity contribution in [1.82, 2.24) is 0 Å². The lowest BCUT2D eigenvalue weighted by atomic mass is 10.2. The van der Waals surface area contributed by atoms with Crippen LogP contribution in [0.5, 0.6) is 0 Å². The van der Waals surface area contributed by atoms with Crippen molar-refractivity contribution in [3.05, 3.63) is 42.5 Å². The summed E-state index contributed by atoms with van der Waals surface area (Å²) in [5, 5.41) is 0. The number of hydrogen-bond donors (Lipinski definition) is 0. The Morgan fingerprint density at radius 1 is 1.31 bits per heavy atom. The summed E-state index contributed by atoms with van der Waals surface area (Å²) >= 11 is 0. The molecule has 0 saturated heterocycles. The SMILES string of the molecule is CN=[S@@](=O)(C/C=C/C(C)C)c1ccccc1. The molecule has 0 N–H and O–H groups in total. The summed E-state index contributed by atoms with van der Waals surface area (Å²) in [5.74, 6) is 0.974. The molecule has 3 heteroatoms. The summed E-state index contributed by atoms with van der Waals surface area (Å²) in [7, 11) is -0.640. The van der Waals surface area contributed by atoms with Crippen molar-refractivity contribution in [2.45, 2.75) is 18.7 Å². The maximum atomic E-state index is 12.5. The van der Waals surface area contributed by atoms with Gasteiger partial charge in [0.15, 0.2) is 0 Å². The molecule has 0 aromatic heterocycles. The molecule has 0 heterocycles. The van der Waals surface area contributed by atoms with Crippen LogP contribution in [0.1, 0.15) is 13.8 Å². The molecule has 0 aliphatic carbocycles. The fourth-order valence-corrected chi connectivity index (χ4v) is 2.87. The average molecular weight is 237 g/mol. The first-order chi connectivity index (χ1) is 7.58. The summed E-state index contributed by atoms with van der Waals surface area (Å²) in [6.07, 6.45) is 4.03. The highest BCUT2D eigenvalue weighted by atomic mass is 32.2. The fraction of sp³-hybridized carbons (Fsp3) is 0.385. The maximum Gasteiger partial charge on any atom is 0.0785 e. The van der Waals surface area contributed by atoms with Gasteiger partial charge in [-0.3, -0.25) is 0 Å². The largest absolute Gasteiger partial charge is 0.244 e. The highest BCUT2D eigenvalue weighted by Gasteiger charge is 2.08. The van der Waals surface area contributed by atoms with Crippen LogP contribution in [-0.2, 0) is 9.73 Å². The number of nitrogens with zero attached hydrogens (tertiary/aromatic N) is 1. The van der Waals surface area contributed by atoms with Gasteiger partial charge in [-0.05, 0) is 18.1 Å². The van der Waals surface area contributed by atoms with Crippen LogP contribution in [-0.4, -0.2) is 17.0 Å². The van der Waals surface area contributed by atoms with Crippen molar-refractivity contribution in [3.8, 4) is 0 Å². The highest BCUT2D eigenvalue weighted by molar-refractivity contribution is 7.93. The molecule has 0 unspecified atom stereocenters. The van der Waals surface area contributed by atoms with E-state index in [0.29, 0.717) is 11.7 Å². The van der Waals surface area contributed by atoms with E-state index in [2.05, 4.69) is 24.3 Å². The molecule has 88 valence electrons. The van der Waals surface area contributed by atoms with Gasteiger partial charge in [-0.25, -0.2) is 8.57 Å². The molecule has 2 nitrogen and oxygen atoms in total. The third kappa shape index (κ3) is 3.49. The van der Waals surface area contributed by atoms with Gasteiger partial charge in [-0.1, -0.05) is 44.2 Å². The smallest absolute Gasteiger partial charge is 0.0785 e. The first-order valence-corrected chi connectivity index (χ1v) is 7.11. The topological polar surface area (TPSA) is 29.4 Å². The van der Waals surface area contributed by atoms with E-state index in [9.17, 15) is 4.21 Å². The van der Waals surface area contributed by atoms with Crippen molar-refractivity contribution in [3.63, 3.8) is 0 Å². The lowest BCUT2D eigenvalue weighted by Crippen LogP contribution is -2.04. The molecule has 0 saturated carbocycles. The molecule has 0 radical (unpaired) electrons. The van der Waals surface area contributed by atoms with E-state index < -0.39 is 9.73 Å². The third-order valence-electron chi connectivity index (χ3n) is 2.25. The van der Waals surface area contributed by atoms with Gasteiger partial charge < -0.3 is 0 Å². The first kappa shape index (κ1) is 13.0. The predicted octanol–water partition coefficient (Wildman–Crippen LogP) is 3.36. The number of rotatable bonds is 4. The molecule has 0 fully saturated rings. The summed E-state index contributed by atoms with van der Waals surface area (Å²) in [5.41, 5.74) is 0. The normalized spacial score (nSPS) is 15.2. The first-order valence-electron chi connectivity index (χ1n) is 5.43. The Morgan fingerprint density at radius 2 is 1.94 bits per heavy atom. The van der Waals surface area contributed by atoms with Gasteiger partial charge >= 0.3 is 0 Å². The van der Waals surface area contributed by atoms with Crippen LogP contribution in [0.2, 0.25) is 0 Å². The molecule has 16 heavy (non-hydrogen) atoms. The molecule has 0 spiro atoms.